The summed E-state index contributed by atoms with van der Waals surface area (Å²) in [5.41, 5.74) is 0.813. The molecule has 3 saturated carbocycles. The Morgan fingerprint density at radius 3 is 2.56 bits per heavy atom. The quantitative estimate of drug-likeness (QED) is 0.667. The fourth-order valence-electron chi connectivity index (χ4n) is 7.75. The van der Waals surface area contributed by atoms with Crippen LogP contribution in [0.15, 0.2) is 11.6 Å². The fourth-order valence-corrected chi connectivity index (χ4v) is 7.75. The highest BCUT2D eigenvalue weighted by atomic mass is 16.3. The van der Waals surface area contributed by atoms with Crippen LogP contribution in [0.4, 0.5) is 0 Å². The highest BCUT2D eigenvalue weighted by Gasteiger charge is 2.65. The molecule has 142 valence electrons. The van der Waals surface area contributed by atoms with E-state index in [0.29, 0.717) is 23.7 Å². The Balaban J connectivity index is 1.69. The number of rotatable bonds is 2. The van der Waals surface area contributed by atoms with Gasteiger partial charge in [-0.1, -0.05) is 32.4 Å². The van der Waals surface area contributed by atoms with Gasteiger partial charge in [0, 0.05) is 12.0 Å². The van der Waals surface area contributed by atoms with Crippen LogP contribution >= 0.6 is 0 Å². The lowest BCUT2D eigenvalue weighted by atomic mass is 9.44. The topological polar surface area (TPSA) is 60.7 Å². The predicted molar refractivity (Wildman–Crippen MR) is 98.9 cm³/mol. The van der Waals surface area contributed by atoms with Crippen molar-refractivity contribution in [2.24, 2.45) is 34.5 Å². The van der Waals surface area contributed by atoms with E-state index in [9.17, 15) is 15.3 Å². The van der Waals surface area contributed by atoms with E-state index in [1.54, 1.807) is 0 Å². The van der Waals surface area contributed by atoms with E-state index in [4.69, 9.17) is 0 Å². The summed E-state index contributed by atoms with van der Waals surface area (Å²) in [6.07, 6.45) is 9.87. The third kappa shape index (κ3) is 2.28. The van der Waals surface area contributed by atoms with Crippen LogP contribution in [-0.2, 0) is 0 Å². The van der Waals surface area contributed by atoms with Gasteiger partial charge in [-0.2, -0.15) is 0 Å². The smallest absolute Gasteiger partial charge is 0.0769 e. The zero-order valence-corrected chi connectivity index (χ0v) is 16.2. The van der Waals surface area contributed by atoms with Crippen LogP contribution in [0.2, 0.25) is 0 Å². The number of hydrogen-bond acceptors (Lipinski definition) is 3. The standard InChI is InChI=1S/C22H36O3/c1-14(13-23)17-6-7-18-19-5-4-15-12-16(24)8-9-21(15,3)22(19,25)11-10-20(17,18)2/h12,14,16-19,23-25H,4-11,13H2,1-3H3/t14-,16?,17-,18?,19?,20-,21+,22-/m1/s1. The van der Waals surface area contributed by atoms with Gasteiger partial charge in [-0.25, -0.2) is 0 Å². The second-order valence-electron chi connectivity index (χ2n) is 10.2. The van der Waals surface area contributed by atoms with Crippen molar-refractivity contribution < 1.29 is 15.3 Å². The minimum absolute atomic E-state index is 0.156. The van der Waals surface area contributed by atoms with Gasteiger partial charge in [0.15, 0.2) is 0 Å². The first-order chi connectivity index (χ1) is 11.8. The SMILES string of the molecule is C[C@H](CO)[C@H]1CCC2C3CCC4=CC(O)CC[C@]4(C)[C@@]3(O)CC[C@@]21C. The summed E-state index contributed by atoms with van der Waals surface area (Å²) >= 11 is 0. The molecule has 3 heteroatoms. The Labute approximate surface area is 152 Å². The van der Waals surface area contributed by atoms with Crippen LogP contribution < -0.4 is 0 Å². The summed E-state index contributed by atoms with van der Waals surface area (Å²) < 4.78 is 0. The van der Waals surface area contributed by atoms with E-state index in [0.717, 1.165) is 38.5 Å². The molecule has 0 aromatic carbocycles. The van der Waals surface area contributed by atoms with Crippen LogP contribution in [0, 0.1) is 34.5 Å². The molecule has 0 aromatic rings. The molecule has 0 amide bonds. The van der Waals surface area contributed by atoms with Gasteiger partial charge >= 0.3 is 0 Å². The second kappa shape index (κ2) is 5.81. The average molecular weight is 349 g/mol. The third-order valence-electron chi connectivity index (χ3n) is 9.32. The largest absolute Gasteiger partial charge is 0.396 e. The van der Waals surface area contributed by atoms with Crippen molar-refractivity contribution in [2.45, 2.75) is 83.8 Å². The van der Waals surface area contributed by atoms with Crippen LogP contribution in [0.5, 0.6) is 0 Å². The molecule has 0 radical (unpaired) electrons. The molecule has 0 aromatic heterocycles. The molecule has 3 nitrogen and oxygen atoms in total. The van der Waals surface area contributed by atoms with Gasteiger partial charge in [0.05, 0.1) is 11.7 Å². The number of aliphatic hydroxyl groups excluding tert-OH is 2. The molecule has 8 atom stereocenters. The van der Waals surface area contributed by atoms with Gasteiger partial charge in [-0.3, -0.25) is 0 Å². The minimum Gasteiger partial charge on any atom is -0.396 e. The average Bonchev–Trinajstić information content (AvgIpc) is 2.93. The van der Waals surface area contributed by atoms with Crippen molar-refractivity contribution in [3.63, 3.8) is 0 Å². The molecule has 3 fully saturated rings. The summed E-state index contributed by atoms with van der Waals surface area (Å²) in [6, 6.07) is 0. The lowest BCUT2D eigenvalue weighted by Crippen LogP contribution is -2.63. The monoisotopic (exact) mass is 348 g/mol. The van der Waals surface area contributed by atoms with Gasteiger partial charge in [0.25, 0.3) is 0 Å². The van der Waals surface area contributed by atoms with Crippen molar-refractivity contribution in [3.05, 3.63) is 11.6 Å². The summed E-state index contributed by atoms with van der Waals surface area (Å²) in [7, 11) is 0. The first-order valence-electron chi connectivity index (χ1n) is 10.5. The molecule has 3 N–H and O–H groups in total. The first-order valence-corrected chi connectivity index (χ1v) is 10.5. The normalized spacial score (nSPS) is 53.4. The molecule has 0 spiro atoms. The van der Waals surface area contributed by atoms with Crippen molar-refractivity contribution in [1.29, 1.82) is 0 Å². The third-order valence-corrected chi connectivity index (χ3v) is 9.32. The molecular formula is C22H36O3. The lowest BCUT2D eigenvalue weighted by Gasteiger charge is -2.63. The zero-order valence-electron chi connectivity index (χ0n) is 16.2. The molecule has 0 saturated heterocycles. The lowest BCUT2D eigenvalue weighted by molar-refractivity contribution is -0.195. The highest BCUT2D eigenvalue weighted by Crippen LogP contribution is 2.69. The Bertz CT molecular complexity index is 572. The van der Waals surface area contributed by atoms with Crippen molar-refractivity contribution in [3.8, 4) is 0 Å². The van der Waals surface area contributed by atoms with E-state index in [1.807, 2.05) is 0 Å². The van der Waals surface area contributed by atoms with Crippen LogP contribution in [-0.4, -0.2) is 33.6 Å². The predicted octanol–water partition coefficient (Wildman–Crippen LogP) is 3.67. The highest BCUT2D eigenvalue weighted by molar-refractivity contribution is 5.30. The van der Waals surface area contributed by atoms with E-state index < -0.39 is 5.60 Å². The molecule has 4 rings (SSSR count). The fraction of sp³-hybridized carbons (Fsp3) is 0.909. The van der Waals surface area contributed by atoms with Gasteiger partial charge in [0.1, 0.15) is 0 Å². The molecule has 0 aliphatic heterocycles. The van der Waals surface area contributed by atoms with Crippen LogP contribution in [0.3, 0.4) is 0 Å². The van der Waals surface area contributed by atoms with Crippen molar-refractivity contribution in [1.82, 2.24) is 0 Å². The molecule has 4 aliphatic rings. The molecule has 0 bridgehead atoms. The van der Waals surface area contributed by atoms with Gasteiger partial charge in [0.2, 0.25) is 0 Å². The van der Waals surface area contributed by atoms with Crippen molar-refractivity contribution in [2.75, 3.05) is 6.61 Å². The van der Waals surface area contributed by atoms with Gasteiger partial charge in [-0.05, 0) is 80.5 Å². The maximum absolute atomic E-state index is 12.0. The zero-order chi connectivity index (χ0) is 18.0. The number of aliphatic hydroxyl groups is 3. The maximum Gasteiger partial charge on any atom is 0.0769 e. The summed E-state index contributed by atoms with van der Waals surface area (Å²) in [5.74, 6) is 1.90. The minimum atomic E-state index is -0.612. The van der Waals surface area contributed by atoms with E-state index in [2.05, 4.69) is 26.8 Å². The molecular weight excluding hydrogens is 312 g/mol. The number of hydrogen-bond donors (Lipinski definition) is 3. The second-order valence-corrected chi connectivity index (χ2v) is 10.2. The van der Waals surface area contributed by atoms with Gasteiger partial charge < -0.3 is 15.3 Å². The molecule has 0 heterocycles. The number of fused-ring (bicyclic) bond motifs is 5. The summed E-state index contributed by atoms with van der Waals surface area (Å²) in [5, 5.41) is 31.8. The molecule has 4 aliphatic carbocycles. The van der Waals surface area contributed by atoms with E-state index >= 15 is 0 Å². The molecule has 3 unspecified atom stereocenters. The van der Waals surface area contributed by atoms with E-state index in [1.165, 1.54) is 18.4 Å². The Morgan fingerprint density at radius 1 is 1.08 bits per heavy atom. The van der Waals surface area contributed by atoms with Gasteiger partial charge in [-0.15, -0.1) is 0 Å². The van der Waals surface area contributed by atoms with Crippen molar-refractivity contribution >= 4 is 0 Å². The Kier molecular flexibility index (Phi) is 4.18. The molecule has 25 heavy (non-hydrogen) atoms. The van der Waals surface area contributed by atoms with E-state index in [-0.39, 0.29) is 23.5 Å². The maximum atomic E-state index is 12.0. The summed E-state index contributed by atoms with van der Waals surface area (Å²) in [6.45, 7) is 7.19. The summed E-state index contributed by atoms with van der Waals surface area (Å²) in [4.78, 5) is 0. The Hall–Kier alpha value is -0.380. The first kappa shape index (κ1) is 18.0. The van der Waals surface area contributed by atoms with Crippen LogP contribution in [0.25, 0.3) is 0 Å². The van der Waals surface area contributed by atoms with Crippen LogP contribution in [0.1, 0.15) is 72.1 Å². The Morgan fingerprint density at radius 2 is 1.84 bits per heavy atom.